The first-order chi connectivity index (χ1) is 8.00. The molecule has 0 aliphatic carbocycles. The third kappa shape index (κ3) is 1.87. The van der Waals surface area contributed by atoms with Gasteiger partial charge in [-0.05, 0) is 12.5 Å². The Morgan fingerprint density at radius 3 is 2.41 bits per heavy atom. The lowest BCUT2D eigenvalue weighted by atomic mass is 10.0. The van der Waals surface area contributed by atoms with E-state index in [0.717, 1.165) is 10.3 Å². The molecule has 0 spiro atoms. The molecule has 0 aliphatic rings. The Labute approximate surface area is 96.9 Å². The van der Waals surface area contributed by atoms with Crippen LogP contribution in [-0.4, -0.2) is 15.8 Å². The predicted octanol–water partition coefficient (Wildman–Crippen LogP) is 1.65. The maximum atomic E-state index is 11.6. The summed E-state index contributed by atoms with van der Waals surface area (Å²) in [5.74, 6) is -1.19. The van der Waals surface area contributed by atoms with E-state index >= 15 is 0 Å². The fraction of sp³-hybridized carbons (Fsp3) is 0.167. The monoisotopic (exact) mass is 233 g/mol. The van der Waals surface area contributed by atoms with Crippen molar-refractivity contribution < 1.29 is 14.4 Å². The number of aromatic nitrogens is 1. The van der Waals surface area contributed by atoms with Crippen molar-refractivity contribution in [2.24, 2.45) is 7.05 Å². The molecule has 5 heteroatoms. The van der Waals surface area contributed by atoms with Crippen LogP contribution < -0.4 is 5.63 Å². The summed E-state index contributed by atoms with van der Waals surface area (Å²) in [5, 5.41) is 9.06. The van der Waals surface area contributed by atoms with Crippen molar-refractivity contribution >= 4 is 5.97 Å². The van der Waals surface area contributed by atoms with E-state index in [1.807, 2.05) is 19.1 Å². The van der Waals surface area contributed by atoms with Crippen LogP contribution in [0.5, 0.6) is 0 Å². The standard InChI is InChI=1S/C12H11NO4/c1-7-3-5-8(6-4-7)9-10(11(14)15)13(2)17-12(9)16/h3-6H,1-2H3,(H,14,15). The molecule has 17 heavy (non-hydrogen) atoms. The van der Waals surface area contributed by atoms with Gasteiger partial charge in [-0.15, -0.1) is 0 Å². The van der Waals surface area contributed by atoms with E-state index in [4.69, 9.17) is 9.63 Å². The van der Waals surface area contributed by atoms with Crippen LogP contribution in [0.4, 0.5) is 0 Å². The number of carboxylic acids is 1. The highest BCUT2D eigenvalue weighted by molar-refractivity contribution is 5.93. The van der Waals surface area contributed by atoms with Crippen molar-refractivity contribution in [2.45, 2.75) is 6.92 Å². The molecule has 0 saturated carbocycles. The molecule has 0 unspecified atom stereocenters. The Balaban J connectivity index is 2.70. The number of aryl methyl sites for hydroxylation is 2. The maximum absolute atomic E-state index is 11.6. The molecule has 2 aromatic rings. The molecule has 2 rings (SSSR count). The molecule has 0 radical (unpaired) electrons. The first-order valence-electron chi connectivity index (χ1n) is 5.01. The topological polar surface area (TPSA) is 72.4 Å². The van der Waals surface area contributed by atoms with Crippen molar-refractivity contribution in [2.75, 3.05) is 0 Å². The van der Waals surface area contributed by atoms with Crippen LogP contribution in [0.1, 0.15) is 16.1 Å². The fourth-order valence-electron chi connectivity index (χ4n) is 1.69. The van der Waals surface area contributed by atoms with Gasteiger partial charge in [-0.2, -0.15) is 0 Å². The summed E-state index contributed by atoms with van der Waals surface area (Å²) in [7, 11) is 1.39. The highest BCUT2D eigenvalue weighted by atomic mass is 16.5. The number of aromatic carboxylic acids is 1. The van der Waals surface area contributed by atoms with E-state index in [2.05, 4.69) is 0 Å². The van der Waals surface area contributed by atoms with Gasteiger partial charge in [0.2, 0.25) is 0 Å². The van der Waals surface area contributed by atoms with Gasteiger partial charge in [0.05, 0.1) is 0 Å². The first-order valence-corrected chi connectivity index (χ1v) is 5.01. The summed E-state index contributed by atoms with van der Waals surface area (Å²) in [4.78, 5) is 22.7. The molecule has 0 amide bonds. The second-order valence-corrected chi connectivity index (χ2v) is 3.77. The largest absolute Gasteiger partial charge is 0.476 e. The molecule has 0 atom stereocenters. The lowest BCUT2D eigenvalue weighted by Crippen LogP contribution is -2.06. The van der Waals surface area contributed by atoms with Crippen molar-refractivity contribution in [1.82, 2.24) is 4.74 Å². The van der Waals surface area contributed by atoms with Gasteiger partial charge in [0.1, 0.15) is 5.56 Å². The van der Waals surface area contributed by atoms with Crippen molar-refractivity contribution in [1.29, 1.82) is 0 Å². The van der Waals surface area contributed by atoms with Gasteiger partial charge in [0.15, 0.2) is 5.69 Å². The Hall–Kier alpha value is -2.30. The molecule has 1 aromatic heterocycles. The molecule has 0 fully saturated rings. The zero-order chi connectivity index (χ0) is 12.6. The smallest absolute Gasteiger partial charge is 0.366 e. The summed E-state index contributed by atoms with van der Waals surface area (Å²) < 4.78 is 5.74. The van der Waals surface area contributed by atoms with E-state index < -0.39 is 11.6 Å². The number of carboxylic acid groups (broad SMARTS) is 1. The zero-order valence-electron chi connectivity index (χ0n) is 9.43. The lowest BCUT2D eigenvalue weighted by Gasteiger charge is -2.00. The van der Waals surface area contributed by atoms with Crippen LogP contribution >= 0.6 is 0 Å². The number of rotatable bonds is 2. The molecule has 0 aliphatic heterocycles. The number of hydrogen-bond acceptors (Lipinski definition) is 3. The van der Waals surface area contributed by atoms with Crippen LogP contribution in [0.2, 0.25) is 0 Å². The van der Waals surface area contributed by atoms with Crippen LogP contribution in [0.25, 0.3) is 11.1 Å². The average Bonchev–Trinajstić information content (AvgIpc) is 2.55. The quantitative estimate of drug-likeness (QED) is 0.856. The Bertz CT molecular complexity index is 619. The first kappa shape index (κ1) is 11.2. The van der Waals surface area contributed by atoms with Crippen LogP contribution in [0, 0.1) is 6.92 Å². The van der Waals surface area contributed by atoms with Crippen molar-refractivity contribution in [3.8, 4) is 11.1 Å². The Morgan fingerprint density at radius 1 is 1.29 bits per heavy atom. The average molecular weight is 233 g/mol. The minimum Gasteiger partial charge on any atom is -0.476 e. The normalized spacial score (nSPS) is 10.5. The highest BCUT2D eigenvalue weighted by Gasteiger charge is 2.22. The molecule has 1 heterocycles. The van der Waals surface area contributed by atoms with E-state index in [-0.39, 0.29) is 11.3 Å². The molecular formula is C12H11NO4. The second kappa shape index (κ2) is 3.93. The van der Waals surface area contributed by atoms with E-state index in [9.17, 15) is 9.59 Å². The number of hydrogen-bond donors (Lipinski definition) is 1. The maximum Gasteiger partial charge on any atom is 0.366 e. The van der Waals surface area contributed by atoms with Crippen molar-refractivity contribution in [3.05, 3.63) is 45.9 Å². The zero-order valence-corrected chi connectivity index (χ0v) is 9.43. The summed E-state index contributed by atoms with van der Waals surface area (Å²) in [5.41, 5.74) is 0.876. The fourth-order valence-corrected chi connectivity index (χ4v) is 1.69. The van der Waals surface area contributed by atoms with Crippen LogP contribution in [0.3, 0.4) is 0 Å². The van der Waals surface area contributed by atoms with E-state index in [1.54, 1.807) is 12.1 Å². The van der Waals surface area contributed by atoms with Gasteiger partial charge in [-0.3, -0.25) is 0 Å². The SMILES string of the molecule is Cc1ccc(-c2c(C(=O)O)n(C)oc2=O)cc1. The third-order valence-corrected chi connectivity index (χ3v) is 2.52. The lowest BCUT2D eigenvalue weighted by molar-refractivity contribution is 0.0673. The highest BCUT2D eigenvalue weighted by Crippen LogP contribution is 2.21. The van der Waals surface area contributed by atoms with Gasteiger partial charge in [0.25, 0.3) is 0 Å². The van der Waals surface area contributed by atoms with Gasteiger partial charge >= 0.3 is 11.6 Å². The Morgan fingerprint density at radius 2 is 1.88 bits per heavy atom. The molecule has 88 valence electrons. The number of carbonyl (C=O) groups is 1. The minimum absolute atomic E-state index is 0.0833. The van der Waals surface area contributed by atoms with E-state index in [1.165, 1.54) is 7.05 Å². The minimum atomic E-state index is -1.19. The van der Waals surface area contributed by atoms with Gasteiger partial charge in [-0.1, -0.05) is 29.8 Å². The van der Waals surface area contributed by atoms with Crippen molar-refractivity contribution in [3.63, 3.8) is 0 Å². The molecule has 5 nitrogen and oxygen atoms in total. The summed E-state index contributed by atoms with van der Waals surface area (Å²) in [6, 6.07) is 7.03. The second-order valence-electron chi connectivity index (χ2n) is 3.77. The third-order valence-electron chi connectivity index (χ3n) is 2.52. The molecular weight excluding hydrogens is 222 g/mol. The number of benzene rings is 1. The van der Waals surface area contributed by atoms with Crippen LogP contribution in [0.15, 0.2) is 33.6 Å². The molecule has 1 aromatic carbocycles. The summed E-state index contributed by atoms with van der Waals surface area (Å²) in [6.07, 6.45) is 0. The molecule has 1 N–H and O–H groups in total. The molecule has 0 saturated heterocycles. The van der Waals surface area contributed by atoms with Gasteiger partial charge < -0.3 is 9.63 Å². The molecule has 0 bridgehead atoms. The number of nitrogens with zero attached hydrogens (tertiary/aromatic N) is 1. The van der Waals surface area contributed by atoms with E-state index in [0.29, 0.717) is 5.56 Å². The van der Waals surface area contributed by atoms with Crippen LogP contribution in [-0.2, 0) is 7.05 Å². The van der Waals surface area contributed by atoms with Gasteiger partial charge in [0, 0.05) is 7.05 Å². The van der Waals surface area contributed by atoms with Gasteiger partial charge in [-0.25, -0.2) is 14.3 Å². The predicted molar refractivity (Wildman–Crippen MR) is 61.1 cm³/mol. The summed E-state index contributed by atoms with van der Waals surface area (Å²) >= 11 is 0. The summed E-state index contributed by atoms with van der Waals surface area (Å²) in [6.45, 7) is 1.91. The Kier molecular flexibility index (Phi) is 2.59.